The van der Waals surface area contributed by atoms with Crippen molar-refractivity contribution in [3.63, 3.8) is 0 Å². The Labute approximate surface area is 121 Å². The number of hydrogen-bond donors (Lipinski definition) is 0. The second kappa shape index (κ2) is 5.93. The molecule has 4 heteroatoms. The van der Waals surface area contributed by atoms with Crippen molar-refractivity contribution in [1.29, 1.82) is 0 Å². The molecular weight excluding hydrogens is 276 g/mol. The Balaban J connectivity index is 3.05. The second-order valence-corrected chi connectivity index (χ2v) is 11.1. The van der Waals surface area contributed by atoms with Gasteiger partial charge in [0.2, 0.25) is 5.24 Å². The molecule has 0 N–H and O–H groups in total. The molecule has 1 aromatic rings. The van der Waals surface area contributed by atoms with Crippen LogP contribution in [-0.2, 0) is 4.79 Å². The minimum Gasteiger partial charge on any atom is -0.543 e. The van der Waals surface area contributed by atoms with Crippen LogP contribution in [-0.4, -0.2) is 13.6 Å². The summed E-state index contributed by atoms with van der Waals surface area (Å²) < 4.78 is 6.26. The second-order valence-electron chi connectivity index (χ2n) is 6.04. The van der Waals surface area contributed by atoms with E-state index in [0.29, 0.717) is 0 Å². The van der Waals surface area contributed by atoms with Crippen molar-refractivity contribution in [1.82, 2.24) is 0 Å². The minimum atomic E-state index is -1.89. The molecule has 0 amide bonds. The van der Waals surface area contributed by atoms with Gasteiger partial charge in [0.15, 0.2) is 0 Å². The van der Waals surface area contributed by atoms with E-state index in [9.17, 15) is 4.79 Å². The predicted octanol–water partition coefficient (Wildman–Crippen LogP) is 4.85. The van der Waals surface area contributed by atoms with Gasteiger partial charge in [-0.2, -0.15) is 0 Å². The topological polar surface area (TPSA) is 26.3 Å². The van der Waals surface area contributed by atoms with Crippen molar-refractivity contribution in [3.8, 4) is 5.75 Å². The van der Waals surface area contributed by atoms with Crippen molar-refractivity contribution in [2.75, 3.05) is 0 Å². The molecule has 1 aromatic carbocycles. The average molecular weight is 297 g/mol. The Bertz CT molecular complexity index is 487. The molecule has 1 rings (SSSR count). The van der Waals surface area contributed by atoms with Crippen LogP contribution < -0.4 is 4.43 Å². The number of benzene rings is 1. The zero-order chi connectivity index (χ0) is 14.7. The lowest BCUT2D eigenvalue weighted by Gasteiger charge is -2.36. The smallest absolute Gasteiger partial charge is 0.250 e. The fraction of sp³-hybridized carbons (Fsp3) is 0.400. The van der Waals surface area contributed by atoms with Gasteiger partial charge in [-0.15, -0.1) is 0 Å². The van der Waals surface area contributed by atoms with Gasteiger partial charge >= 0.3 is 0 Å². The summed E-state index contributed by atoms with van der Waals surface area (Å²) in [5.74, 6) is 0.809. The molecule has 19 heavy (non-hydrogen) atoms. The molecule has 0 saturated carbocycles. The number of halogens is 1. The lowest BCUT2D eigenvalue weighted by Crippen LogP contribution is -2.44. The van der Waals surface area contributed by atoms with Crippen LogP contribution in [0.25, 0.3) is 6.08 Å². The van der Waals surface area contributed by atoms with Crippen molar-refractivity contribution in [3.05, 3.63) is 35.9 Å². The highest BCUT2D eigenvalue weighted by Gasteiger charge is 2.39. The van der Waals surface area contributed by atoms with E-state index in [1.807, 2.05) is 24.3 Å². The van der Waals surface area contributed by atoms with Gasteiger partial charge in [0.25, 0.3) is 8.32 Å². The van der Waals surface area contributed by atoms with Gasteiger partial charge in [-0.25, -0.2) is 0 Å². The van der Waals surface area contributed by atoms with Crippen molar-refractivity contribution in [2.45, 2.75) is 38.9 Å². The molecule has 104 valence electrons. The highest BCUT2D eigenvalue weighted by atomic mass is 35.5. The fourth-order valence-electron chi connectivity index (χ4n) is 1.29. The number of carbonyl (C=O) groups is 1. The number of allylic oxidation sites excluding steroid dienone is 1. The van der Waals surface area contributed by atoms with E-state index in [2.05, 4.69) is 33.9 Å². The Morgan fingerprint density at radius 3 is 2.37 bits per heavy atom. The summed E-state index contributed by atoms with van der Waals surface area (Å²) in [6, 6.07) is 7.69. The van der Waals surface area contributed by atoms with Crippen LogP contribution in [0.1, 0.15) is 26.3 Å². The monoisotopic (exact) mass is 296 g/mol. The van der Waals surface area contributed by atoms with Crippen LogP contribution in [0.15, 0.2) is 30.3 Å². The Morgan fingerprint density at radius 1 is 1.26 bits per heavy atom. The maximum atomic E-state index is 10.8. The third kappa shape index (κ3) is 4.51. The van der Waals surface area contributed by atoms with Gasteiger partial charge in [0.1, 0.15) is 5.75 Å². The summed E-state index contributed by atoms with van der Waals surface area (Å²) in [6.07, 6.45) is 3.03. The van der Waals surface area contributed by atoms with E-state index in [-0.39, 0.29) is 5.04 Å². The van der Waals surface area contributed by atoms with Crippen molar-refractivity contribution in [2.24, 2.45) is 0 Å². The maximum Gasteiger partial charge on any atom is 0.250 e. The summed E-state index contributed by atoms with van der Waals surface area (Å²) in [6.45, 7) is 11.0. The van der Waals surface area contributed by atoms with Crippen molar-refractivity contribution >= 4 is 31.2 Å². The first-order valence-electron chi connectivity index (χ1n) is 6.29. The molecule has 0 aliphatic rings. The molecule has 0 aliphatic heterocycles. The van der Waals surface area contributed by atoms with Crippen LogP contribution in [0.5, 0.6) is 5.75 Å². The highest BCUT2D eigenvalue weighted by Crippen LogP contribution is 2.38. The third-order valence-electron chi connectivity index (χ3n) is 3.48. The van der Waals surface area contributed by atoms with Gasteiger partial charge in [0.05, 0.1) is 0 Å². The summed E-state index contributed by atoms with van der Waals surface area (Å²) >= 11 is 5.33. The number of rotatable bonds is 4. The zero-order valence-corrected chi connectivity index (χ0v) is 13.9. The van der Waals surface area contributed by atoms with Gasteiger partial charge in [-0.3, -0.25) is 4.79 Å². The molecule has 0 aromatic heterocycles. The molecule has 0 fully saturated rings. The van der Waals surface area contributed by atoms with Crippen LogP contribution in [0, 0.1) is 0 Å². The van der Waals surface area contributed by atoms with Gasteiger partial charge in [-0.05, 0) is 48.0 Å². The van der Waals surface area contributed by atoms with Crippen LogP contribution in [0.2, 0.25) is 18.1 Å². The first kappa shape index (κ1) is 16.0. The molecular formula is C15H21ClO2Si. The summed E-state index contributed by atoms with van der Waals surface area (Å²) in [5, 5.41) is -0.353. The van der Waals surface area contributed by atoms with E-state index < -0.39 is 13.6 Å². The standard InChI is InChI=1S/C15H21ClO2Si/c1-15(2,3)19(4,5)18-13-9-7-6-8-12(13)10-11-14(16)17/h6-11H,1-5H3/b11-10+. The Morgan fingerprint density at radius 2 is 1.84 bits per heavy atom. The molecule has 0 spiro atoms. The minimum absolute atomic E-state index is 0.131. The molecule has 0 atom stereocenters. The Kier molecular flexibility index (Phi) is 4.99. The maximum absolute atomic E-state index is 10.8. The lowest BCUT2D eigenvalue weighted by atomic mass is 10.2. The summed E-state index contributed by atoms with van der Waals surface area (Å²) in [5.41, 5.74) is 0.876. The molecule has 0 saturated heterocycles. The van der Waals surface area contributed by atoms with Gasteiger partial charge in [0, 0.05) is 5.56 Å². The summed E-state index contributed by atoms with van der Waals surface area (Å²) in [4.78, 5) is 10.8. The molecule has 0 heterocycles. The van der Waals surface area contributed by atoms with Crippen LogP contribution >= 0.6 is 11.6 Å². The SMILES string of the molecule is CC(C)(C)[Si](C)(C)Oc1ccccc1/C=C/C(=O)Cl. The summed E-state index contributed by atoms with van der Waals surface area (Å²) in [7, 11) is -1.89. The molecule has 0 aliphatic carbocycles. The highest BCUT2D eigenvalue weighted by molar-refractivity contribution is 6.74. The molecule has 0 bridgehead atoms. The Hall–Kier alpha value is -1.06. The number of carbonyl (C=O) groups excluding carboxylic acids is 1. The predicted molar refractivity (Wildman–Crippen MR) is 84.2 cm³/mol. The van der Waals surface area contributed by atoms with E-state index in [1.54, 1.807) is 6.08 Å². The first-order chi connectivity index (χ1) is 8.63. The van der Waals surface area contributed by atoms with Crippen LogP contribution in [0.4, 0.5) is 0 Å². The quantitative estimate of drug-likeness (QED) is 0.451. The lowest BCUT2D eigenvalue weighted by molar-refractivity contribution is -0.107. The molecule has 0 unspecified atom stereocenters. The van der Waals surface area contributed by atoms with E-state index in [1.165, 1.54) is 6.08 Å². The first-order valence-corrected chi connectivity index (χ1v) is 9.58. The molecule has 2 nitrogen and oxygen atoms in total. The molecule has 0 radical (unpaired) electrons. The number of hydrogen-bond acceptors (Lipinski definition) is 2. The zero-order valence-electron chi connectivity index (χ0n) is 12.2. The average Bonchev–Trinajstić information content (AvgIpc) is 2.25. The third-order valence-corrected chi connectivity index (χ3v) is 7.95. The fourth-order valence-corrected chi connectivity index (χ4v) is 2.40. The largest absolute Gasteiger partial charge is 0.543 e. The van der Waals surface area contributed by atoms with E-state index in [0.717, 1.165) is 11.3 Å². The van der Waals surface area contributed by atoms with E-state index in [4.69, 9.17) is 16.0 Å². The van der Waals surface area contributed by atoms with E-state index >= 15 is 0 Å². The van der Waals surface area contributed by atoms with Crippen LogP contribution in [0.3, 0.4) is 0 Å². The number of para-hydroxylation sites is 1. The van der Waals surface area contributed by atoms with Gasteiger partial charge in [-0.1, -0.05) is 39.0 Å². The normalized spacial score (nSPS) is 12.7. The van der Waals surface area contributed by atoms with Crippen molar-refractivity contribution < 1.29 is 9.22 Å². The van der Waals surface area contributed by atoms with Gasteiger partial charge < -0.3 is 4.43 Å².